The predicted octanol–water partition coefficient (Wildman–Crippen LogP) is 3.88. The van der Waals surface area contributed by atoms with Gasteiger partial charge in [0.25, 0.3) is 0 Å². The van der Waals surface area contributed by atoms with Crippen LogP contribution in [0, 0.1) is 6.92 Å². The van der Waals surface area contributed by atoms with Gasteiger partial charge in [-0.05, 0) is 36.1 Å². The van der Waals surface area contributed by atoms with Crippen molar-refractivity contribution >= 4 is 17.3 Å². The zero-order valence-electron chi connectivity index (χ0n) is 16.0. The van der Waals surface area contributed by atoms with E-state index in [1.807, 2.05) is 6.07 Å². The molecule has 1 fully saturated rings. The van der Waals surface area contributed by atoms with Gasteiger partial charge in [-0.3, -0.25) is 9.69 Å². The maximum absolute atomic E-state index is 12.6. The summed E-state index contributed by atoms with van der Waals surface area (Å²) in [5, 5.41) is 3.16. The lowest BCUT2D eigenvalue weighted by atomic mass is 9.98. The first-order chi connectivity index (χ1) is 12.5. The first-order valence-electron chi connectivity index (χ1n) is 9.46. The van der Waals surface area contributed by atoms with Crippen molar-refractivity contribution in [3.63, 3.8) is 0 Å². The van der Waals surface area contributed by atoms with Crippen molar-refractivity contribution in [1.82, 2.24) is 4.90 Å². The van der Waals surface area contributed by atoms with E-state index in [9.17, 15) is 4.79 Å². The van der Waals surface area contributed by atoms with Gasteiger partial charge in [-0.15, -0.1) is 0 Å². The summed E-state index contributed by atoms with van der Waals surface area (Å²) in [5.74, 6) is 0.467. The molecule has 1 saturated heterocycles. The SMILES string of the molecule is Cc1cccc(C(C)C)c1NC(=O)CN1CCN(c2ccccc2)CC1. The minimum absolute atomic E-state index is 0.0781. The predicted molar refractivity (Wildman–Crippen MR) is 109 cm³/mol. The van der Waals surface area contributed by atoms with E-state index in [1.54, 1.807) is 0 Å². The molecule has 138 valence electrons. The zero-order chi connectivity index (χ0) is 18.5. The number of para-hydroxylation sites is 2. The summed E-state index contributed by atoms with van der Waals surface area (Å²) in [7, 11) is 0. The number of amides is 1. The van der Waals surface area contributed by atoms with E-state index < -0.39 is 0 Å². The average Bonchev–Trinajstić information content (AvgIpc) is 2.64. The molecular weight excluding hydrogens is 322 g/mol. The highest BCUT2D eigenvalue weighted by molar-refractivity contribution is 5.94. The van der Waals surface area contributed by atoms with E-state index in [0.29, 0.717) is 12.5 Å². The van der Waals surface area contributed by atoms with Crippen LogP contribution in [0.15, 0.2) is 48.5 Å². The first kappa shape index (κ1) is 18.5. The number of nitrogens with one attached hydrogen (secondary N) is 1. The lowest BCUT2D eigenvalue weighted by Crippen LogP contribution is -2.48. The summed E-state index contributed by atoms with van der Waals surface area (Å²) in [4.78, 5) is 17.2. The van der Waals surface area contributed by atoms with Crippen molar-refractivity contribution in [2.45, 2.75) is 26.7 Å². The fourth-order valence-corrected chi connectivity index (χ4v) is 3.53. The Hall–Kier alpha value is -2.33. The molecule has 0 aromatic heterocycles. The monoisotopic (exact) mass is 351 g/mol. The van der Waals surface area contributed by atoms with E-state index in [-0.39, 0.29) is 5.91 Å². The Balaban J connectivity index is 1.56. The quantitative estimate of drug-likeness (QED) is 0.888. The molecule has 1 amide bonds. The lowest BCUT2D eigenvalue weighted by Gasteiger charge is -2.35. The van der Waals surface area contributed by atoms with Crippen molar-refractivity contribution in [3.8, 4) is 0 Å². The average molecular weight is 351 g/mol. The molecule has 0 bridgehead atoms. The Morgan fingerprint density at radius 2 is 1.69 bits per heavy atom. The van der Waals surface area contributed by atoms with Gasteiger partial charge in [-0.1, -0.05) is 50.2 Å². The van der Waals surface area contributed by atoms with Crippen LogP contribution in [0.4, 0.5) is 11.4 Å². The number of rotatable bonds is 5. The summed E-state index contributed by atoms with van der Waals surface area (Å²) in [6.45, 7) is 10.6. The minimum atomic E-state index is 0.0781. The third-order valence-corrected chi connectivity index (χ3v) is 5.05. The second kappa shape index (κ2) is 8.37. The number of hydrogen-bond acceptors (Lipinski definition) is 3. The van der Waals surface area contributed by atoms with Crippen LogP contribution in [0.3, 0.4) is 0 Å². The van der Waals surface area contributed by atoms with E-state index >= 15 is 0 Å². The standard InChI is InChI=1S/C22H29N3O/c1-17(2)20-11-7-8-18(3)22(20)23-21(26)16-24-12-14-25(15-13-24)19-9-5-4-6-10-19/h4-11,17H,12-16H2,1-3H3,(H,23,26). The molecule has 0 unspecified atom stereocenters. The van der Waals surface area contributed by atoms with Crippen LogP contribution in [0.25, 0.3) is 0 Å². The zero-order valence-corrected chi connectivity index (χ0v) is 16.0. The summed E-state index contributed by atoms with van der Waals surface area (Å²) in [6, 6.07) is 16.7. The van der Waals surface area contributed by atoms with Gasteiger partial charge in [0.05, 0.1) is 6.54 Å². The van der Waals surface area contributed by atoms with Gasteiger partial charge in [0.2, 0.25) is 5.91 Å². The number of anilines is 2. The van der Waals surface area contributed by atoms with Crippen LogP contribution in [-0.4, -0.2) is 43.5 Å². The molecule has 0 aliphatic carbocycles. The molecule has 3 rings (SSSR count). The number of carbonyl (C=O) groups excluding carboxylic acids is 1. The van der Waals surface area contributed by atoms with E-state index in [1.165, 1.54) is 11.3 Å². The first-order valence-corrected chi connectivity index (χ1v) is 9.46. The Morgan fingerprint density at radius 1 is 1.00 bits per heavy atom. The number of benzene rings is 2. The third-order valence-electron chi connectivity index (χ3n) is 5.05. The molecule has 0 atom stereocenters. The summed E-state index contributed by atoms with van der Waals surface area (Å²) in [5.41, 5.74) is 4.57. The van der Waals surface area contributed by atoms with Crippen LogP contribution in [0.2, 0.25) is 0 Å². The number of aryl methyl sites for hydroxylation is 1. The largest absolute Gasteiger partial charge is 0.369 e. The molecule has 0 radical (unpaired) electrons. The highest BCUT2D eigenvalue weighted by Crippen LogP contribution is 2.27. The fraction of sp³-hybridized carbons (Fsp3) is 0.409. The number of hydrogen-bond donors (Lipinski definition) is 1. The van der Waals surface area contributed by atoms with Crippen LogP contribution >= 0.6 is 0 Å². The van der Waals surface area contributed by atoms with Gasteiger partial charge in [0.15, 0.2) is 0 Å². The van der Waals surface area contributed by atoms with Crippen molar-refractivity contribution < 1.29 is 4.79 Å². The number of piperazine rings is 1. The fourth-order valence-electron chi connectivity index (χ4n) is 3.53. The Bertz CT molecular complexity index is 734. The van der Waals surface area contributed by atoms with Crippen LogP contribution in [0.5, 0.6) is 0 Å². The molecule has 26 heavy (non-hydrogen) atoms. The maximum Gasteiger partial charge on any atom is 0.238 e. The lowest BCUT2D eigenvalue weighted by molar-refractivity contribution is -0.117. The second-order valence-electron chi connectivity index (χ2n) is 7.34. The summed E-state index contributed by atoms with van der Waals surface area (Å²) < 4.78 is 0. The molecule has 0 spiro atoms. The summed E-state index contributed by atoms with van der Waals surface area (Å²) >= 11 is 0. The number of nitrogens with zero attached hydrogens (tertiary/aromatic N) is 2. The van der Waals surface area contributed by atoms with Crippen LogP contribution in [0.1, 0.15) is 30.9 Å². The third kappa shape index (κ3) is 4.44. The normalized spacial score (nSPS) is 15.3. The van der Waals surface area contributed by atoms with E-state index in [2.05, 4.69) is 78.4 Å². The Morgan fingerprint density at radius 3 is 2.35 bits per heavy atom. The molecule has 1 N–H and O–H groups in total. The highest BCUT2D eigenvalue weighted by Gasteiger charge is 2.20. The maximum atomic E-state index is 12.6. The smallest absolute Gasteiger partial charge is 0.238 e. The van der Waals surface area contributed by atoms with Gasteiger partial charge in [-0.2, -0.15) is 0 Å². The number of carbonyl (C=O) groups is 1. The molecular formula is C22H29N3O. The van der Waals surface area contributed by atoms with Gasteiger partial charge >= 0.3 is 0 Å². The molecule has 1 aliphatic rings. The second-order valence-corrected chi connectivity index (χ2v) is 7.34. The molecule has 1 heterocycles. The molecule has 1 aliphatic heterocycles. The van der Waals surface area contributed by atoms with Crippen LogP contribution in [-0.2, 0) is 4.79 Å². The van der Waals surface area contributed by atoms with Gasteiger partial charge < -0.3 is 10.2 Å². The van der Waals surface area contributed by atoms with Gasteiger partial charge in [0.1, 0.15) is 0 Å². The van der Waals surface area contributed by atoms with Crippen molar-refractivity contribution in [2.75, 3.05) is 42.9 Å². The van der Waals surface area contributed by atoms with E-state index in [0.717, 1.165) is 37.4 Å². The van der Waals surface area contributed by atoms with Crippen molar-refractivity contribution in [1.29, 1.82) is 0 Å². The highest BCUT2D eigenvalue weighted by atomic mass is 16.2. The molecule has 4 heteroatoms. The van der Waals surface area contributed by atoms with Crippen LogP contribution < -0.4 is 10.2 Å². The Labute approximate surface area is 156 Å². The molecule has 4 nitrogen and oxygen atoms in total. The minimum Gasteiger partial charge on any atom is -0.369 e. The molecule has 2 aromatic rings. The molecule has 2 aromatic carbocycles. The molecule has 0 saturated carbocycles. The van der Waals surface area contributed by atoms with Crippen molar-refractivity contribution in [3.05, 3.63) is 59.7 Å². The van der Waals surface area contributed by atoms with E-state index in [4.69, 9.17) is 0 Å². The van der Waals surface area contributed by atoms with Gasteiger partial charge in [-0.25, -0.2) is 0 Å². The van der Waals surface area contributed by atoms with Crippen molar-refractivity contribution in [2.24, 2.45) is 0 Å². The van der Waals surface area contributed by atoms with Gasteiger partial charge in [0, 0.05) is 37.6 Å². The topological polar surface area (TPSA) is 35.6 Å². The summed E-state index contributed by atoms with van der Waals surface area (Å²) in [6.07, 6.45) is 0. The Kier molecular flexibility index (Phi) is 5.94.